The summed E-state index contributed by atoms with van der Waals surface area (Å²) in [5, 5.41) is 6.90. The Bertz CT molecular complexity index is 2770. The monoisotopic (exact) mass is 593 g/mol. The number of para-hydroxylation sites is 2. The third kappa shape index (κ3) is 3.59. The van der Waals surface area contributed by atoms with Gasteiger partial charge in [-0.1, -0.05) is 103 Å². The molecule has 0 bridgehead atoms. The largest absolute Gasteiger partial charge is 0.454 e. The number of benzene rings is 6. The van der Waals surface area contributed by atoms with Gasteiger partial charge in [-0.05, 0) is 30.3 Å². The van der Waals surface area contributed by atoms with Gasteiger partial charge < -0.3 is 4.42 Å². The van der Waals surface area contributed by atoms with Crippen LogP contribution in [0.25, 0.3) is 92.4 Å². The van der Waals surface area contributed by atoms with Crippen LogP contribution >= 0.6 is 11.3 Å². The molecular formula is C40H23N3OS. The maximum atomic E-state index is 6.62. The first kappa shape index (κ1) is 24.6. The number of rotatable bonds is 3. The lowest BCUT2D eigenvalue weighted by molar-refractivity contribution is 0.671. The van der Waals surface area contributed by atoms with Gasteiger partial charge in [0.25, 0.3) is 0 Å². The zero-order valence-corrected chi connectivity index (χ0v) is 24.8. The third-order valence-electron chi connectivity index (χ3n) is 8.83. The Labute approximate surface area is 261 Å². The summed E-state index contributed by atoms with van der Waals surface area (Å²) in [6.45, 7) is 0. The molecule has 5 heteroatoms. The average Bonchev–Trinajstić information content (AvgIpc) is 3.78. The molecule has 0 saturated carbocycles. The Hall–Kier alpha value is -5.78. The molecule has 210 valence electrons. The molecule has 0 unspecified atom stereocenters. The number of fused-ring (bicyclic) bond motifs is 10. The first-order chi connectivity index (χ1) is 22.3. The molecule has 0 spiro atoms. The Balaban J connectivity index is 1.35. The minimum absolute atomic E-state index is 0.697. The summed E-state index contributed by atoms with van der Waals surface area (Å²) in [5.41, 5.74) is 6.75. The molecule has 0 atom stereocenters. The van der Waals surface area contributed by atoms with Crippen molar-refractivity contribution in [3.05, 3.63) is 140 Å². The second kappa shape index (κ2) is 9.36. The average molecular weight is 594 g/mol. The van der Waals surface area contributed by atoms with E-state index in [0.29, 0.717) is 5.82 Å². The van der Waals surface area contributed by atoms with Crippen molar-refractivity contribution in [2.45, 2.75) is 0 Å². The number of hydrogen-bond acceptors (Lipinski definition) is 4. The predicted molar refractivity (Wildman–Crippen MR) is 187 cm³/mol. The number of furan rings is 1. The Morgan fingerprint density at radius 3 is 2.20 bits per heavy atom. The number of thiophene rings is 1. The van der Waals surface area contributed by atoms with Gasteiger partial charge in [-0.2, -0.15) is 0 Å². The van der Waals surface area contributed by atoms with Gasteiger partial charge in [-0.25, -0.2) is 9.97 Å². The fraction of sp³-hybridized carbons (Fsp3) is 0. The van der Waals surface area contributed by atoms with Crippen LogP contribution in [0.15, 0.2) is 144 Å². The van der Waals surface area contributed by atoms with Crippen LogP contribution in [0.1, 0.15) is 0 Å². The zero-order valence-electron chi connectivity index (χ0n) is 23.9. The van der Waals surface area contributed by atoms with E-state index in [1.54, 1.807) is 11.3 Å². The maximum absolute atomic E-state index is 6.62. The van der Waals surface area contributed by atoms with Crippen LogP contribution in [-0.2, 0) is 0 Å². The van der Waals surface area contributed by atoms with Gasteiger partial charge in [0.05, 0.1) is 16.7 Å². The van der Waals surface area contributed by atoms with Crippen LogP contribution in [-0.4, -0.2) is 14.5 Å². The molecule has 0 radical (unpaired) electrons. The van der Waals surface area contributed by atoms with Crippen LogP contribution in [0.2, 0.25) is 0 Å². The lowest BCUT2D eigenvalue weighted by Crippen LogP contribution is -2.02. The first-order valence-electron chi connectivity index (χ1n) is 15.0. The van der Waals surface area contributed by atoms with Crippen molar-refractivity contribution >= 4 is 75.3 Å². The van der Waals surface area contributed by atoms with Crippen LogP contribution in [0, 0.1) is 0 Å². The zero-order chi connectivity index (χ0) is 29.5. The van der Waals surface area contributed by atoms with Crippen LogP contribution < -0.4 is 0 Å². The molecule has 0 fully saturated rings. The highest BCUT2D eigenvalue weighted by molar-refractivity contribution is 7.25. The summed E-state index contributed by atoms with van der Waals surface area (Å²) < 4.78 is 11.4. The molecule has 45 heavy (non-hydrogen) atoms. The van der Waals surface area contributed by atoms with Gasteiger partial charge in [0.1, 0.15) is 11.4 Å². The molecule has 4 heterocycles. The molecule has 4 aromatic heterocycles. The fourth-order valence-electron chi connectivity index (χ4n) is 6.86. The van der Waals surface area contributed by atoms with Gasteiger partial charge >= 0.3 is 0 Å². The molecule has 0 aliphatic rings. The van der Waals surface area contributed by atoms with Crippen molar-refractivity contribution in [3.63, 3.8) is 0 Å². The number of aromatic nitrogens is 3. The molecule has 0 amide bonds. The van der Waals surface area contributed by atoms with Gasteiger partial charge in [0.2, 0.25) is 0 Å². The maximum Gasteiger partial charge on any atom is 0.162 e. The quantitative estimate of drug-likeness (QED) is 0.205. The number of nitrogens with zero attached hydrogens (tertiary/aromatic N) is 3. The topological polar surface area (TPSA) is 43.9 Å². The van der Waals surface area contributed by atoms with Crippen LogP contribution in [0.3, 0.4) is 0 Å². The molecular weight excluding hydrogens is 571 g/mol. The highest BCUT2D eigenvalue weighted by Gasteiger charge is 2.22. The highest BCUT2D eigenvalue weighted by atomic mass is 32.1. The van der Waals surface area contributed by atoms with Crippen molar-refractivity contribution in [1.29, 1.82) is 0 Å². The van der Waals surface area contributed by atoms with E-state index in [1.165, 1.54) is 20.2 Å². The molecule has 0 aliphatic heterocycles. The van der Waals surface area contributed by atoms with E-state index in [0.717, 1.165) is 66.4 Å². The SMILES string of the molecule is c1ccc(-c2cc(-n3c4ccccc4c4ccc5c6ccccc6oc5c43)nc(-c3cccc4sc5ccccc5c34)n2)cc1. The van der Waals surface area contributed by atoms with Gasteiger partial charge in [0.15, 0.2) is 11.4 Å². The minimum atomic E-state index is 0.697. The van der Waals surface area contributed by atoms with Gasteiger partial charge in [-0.15, -0.1) is 11.3 Å². The van der Waals surface area contributed by atoms with E-state index >= 15 is 0 Å². The number of hydrogen-bond donors (Lipinski definition) is 0. The van der Waals surface area contributed by atoms with E-state index in [4.69, 9.17) is 14.4 Å². The molecule has 10 aromatic rings. The first-order valence-corrected chi connectivity index (χ1v) is 15.8. The molecule has 0 saturated heterocycles. The van der Waals surface area contributed by atoms with Gasteiger partial charge in [-0.3, -0.25) is 4.57 Å². The molecule has 0 aliphatic carbocycles. The summed E-state index contributed by atoms with van der Waals surface area (Å²) in [5.74, 6) is 1.50. The lowest BCUT2D eigenvalue weighted by Gasteiger charge is -2.13. The van der Waals surface area contributed by atoms with E-state index in [-0.39, 0.29) is 0 Å². The van der Waals surface area contributed by atoms with E-state index < -0.39 is 0 Å². The summed E-state index contributed by atoms with van der Waals surface area (Å²) in [6.07, 6.45) is 0. The molecule has 4 nitrogen and oxygen atoms in total. The predicted octanol–water partition coefficient (Wildman–Crippen LogP) is 11.2. The van der Waals surface area contributed by atoms with Gasteiger partial charge in [0, 0.05) is 58.9 Å². The van der Waals surface area contributed by atoms with E-state index in [2.05, 4.69) is 126 Å². The Morgan fingerprint density at radius 1 is 0.556 bits per heavy atom. The molecule has 0 N–H and O–H groups in total. The minimum Gasteiger partial charge on any atom is -0.454 e. The smallest absolute Gasteiger partial charge is 0.162 e. The summed E-state index contributed by atoms with van der Waals surface area (Å²) in [4.78, 5) is 10.6. The normalized spacial score (nSPS) is 12.0. The van der Waals surface area contributed by atoms with Crippen molar-refractivity contribution in [2.75, 3.05) is 0 Å². The van der Waals surface area contributed by atoms with Crippen molar-refractivity contribution in [1.82, 2.24) is 14.5 Å². The lowest BCUT2D eigenvalue weighted by atomic mass is 10.1. The van der Waals surface area contributed by atoms with E-state index in [1.807, 2.05) is 18.2 Å². The molecule has 6 aromatic carbocycles. The van der Waals surface area contributed by atoms with Crippen molar-refractivity contribution < 1.29 is 4.42 Å². The van der Waals surface area contributed by atoms with E-state index in [9.17, 15) is 0 Å². The van der Waals surface area contributed by atoms with Crippen molar-refractivity contribution in [3.8, 4) is 28.5 Å². The van der Waals surface area contributed by atoms with Crippen LogP contribution in [0.5, 0.6) is 0 Å². The molecule has 10 rings (SSSR count). The van der Waals surface area contributed by atoms with Crippen molar-refractivity contribution in [2.24, 2.45) is 0 Å². The third-order valence-corrected chi connectivity index (χ3v) is 9.97. The van der Waals surface area contributed by atoms with Crippen LogP contribution in [0.4, 0.5) is 0 Å². The highest BCUT2D eigenvalue weighted by Crippen LogP contribution is 2.42. The standard InChI is InChI=1S/C40H23N3OS/c1-2-11-24(12-3-1)31-23-36(42-40(41-31)30-16-10-20-35-37(30)29-15-6-9-19-34(29)45-35)43-32-17-7-4-13-25(32)27-21-22-28-26-14-5-8-18-33(26)44-39(28)38(27)43/h1-23H. The fourth-order valence-corrected chi connectivity index (χ4v) is 7.99. The summed E-state index contributed by atoms with van der Waals surface area (Å²) in [6, 6.07) is 48.7. The Kier molecular flexibility index (Phi) is 5.12. The summed E-state index contributed by atoms with van der Waals surface area (Å²) in [7, 11) is 0. The Morgan fingerprint density at radius 2 is 1.29 bits per heavy atom. The second-order valence-electron chi connectivity index (χ2n) is 11.4. The second-order valence-corrected chi connectivity index (χ2v) is 12.5. The summed E-state index contributed by atoms with van der Waals surface area (Å²) >= 11 is 1.81.